The molecule has 0 amide bonds. The maximum atomic E-state index is 2.53. The lowest BCUT2D eigenvalue weighted by molar-refractivity contribution is -0.660. The summed E-state index contributed by atoms with van der Waals surface area (Å²) in [4.78, 5) is 0. The topological polar surface area (TPSA) is 3.88 Å². The van der Waals surface area contributed by atoms with E-state index in [-0.39, 0.29) is 0 Å². The highest BCUT2D eigenvalue weighted by molar-refractivity contribution is 6.88. The van der Waals surface area contributed by atoms with Gasteiger partial charge in [-0.15, -0.1) is 0 Å². The summed E-state index contributed by atoms with van der Waals surface area (Å²) in [5.74, 6) is 0. The van der Waals surface area contributed by atoms with Crippen molar-refractivity contribution in [2.75, 3.05) is 0 Å². The second-order valence-electron chi connectivity index (χ2n) is 7.26. The monoisotopic (exact) mass is 280 g/mol. The van der Waals surface area contributed by atoms with E-state index in [1.807, 2.05) is 0 Å². The summed E-state index contributed by atoms with van der Waals surface area (Å²) >= 11 is 0. The number of hydrogen-bond donors (Lipinski definition) is 0. The molecule has 2 heterocycles. The number of fused-ring (bicyclic) bond motifs is 4. The lowest BCUT2D eigenvalue weighted by Crippen LogP contribution is -2.39. The van der Waals surface area contributed by atoms with Gasteiger partial charge in [-0.3, -0.25) is 0 Å². The second-order valence-corrected chi connectivity index (χ2v) is 12.3. The van der Waals surface area contributed by atoms with Gasteiger partial charge in [-0.05, 0) is 31.4 Å². The Balaban J connectivity index is 1.90. The zero-order valence-electron chi connectivity index (χ0n) is 12.7. The van der Waals surface area contributed by atoms with Crippen molar-refractivity contribution in [2.45, 2.75) is 45.4 Å². The molecule has 1 aliphatic carbocycles. The number of nitrogens with zero attached hydrogens (tertiary/aromatic N) is 1. The summed E-state index contributed by atoms with van der Waals surface area (Å²) in [5, 5.41) is 2.97. The van der Waals surface area contributed by atoms with E-state index in [2.05, 4.69) is 54.5 Å². The lowest BCUT2D eigenvalue weighted by Gasteiger charge is -2.16. The summed E-state index contributed by atoms with van der Waals surface area (Å²) in [6.07, 6.45) is 3.95. The number of allylic oxidation sites excluding steroid dienone is 2. The Morgan fingerprint density at radius 1 is 1.00 bits per heavy atom. The second kappa shape index (κ2) is 4.04. The molecule has 0 bridgehead atoms. The Bertz CT molecular complexity index is 750. The highest BCUT2D eigenvalue weighted by Crippen LogP contribution is 2.37. The van der Waals surface area contributed by atoms with Crippen molar-refractivity contribution >= 4 is 29.7 Å². The van der Waals surface area contributed by atoms with Gasteiger partial charge in [0.15, 0.2) is 6.54 Å². The molecule has 0 spiro atoms. The third-order valence-corrected chi connectivity index (χ3v) is 6.93. The number of benzene rings is 1. The summed E-state index contributed by atoms with van der Waals surface area (Å²) in [5.41, 5.74) is 6.22. The molecule has 0 radical (unpaired) electrons. The van der Waals surface area contributed by atoms with E-state index in [1.54, 1.807) is 16.3 Å². The van der Waals surface area contributed by atoms with Crippen molar-refractivity contribution in [3.63, 3.8) is 0 Å². The standard InChI is InChI=1S/C18H22NSi/c1-20(2,3)15-8-10-17-13(11-15)7-9-18-16-6-4-5-14(16)12-19(17)18/h7-11H,4-6,12H2,1-3H3/q+1. The quantitative estimate of drug-likeness (QED) is 0.555. The molecule has 20 heavy (non-hydrogen) atoms. The van der Waals surface area contributed by atoms with Gasteiger partial charge < -0.3 is 0 Å². The van der Waals surface area contributed by atoms with Gasteiger partial charge in [0.1, 0.15) is 0 Å². The van der Waals surface area contributed by atoms with Gasteiger partial charge in [-0.25, -0.2) is 0 Å². The molecule has 0 saturated carbocycles. The van der Waals surface area contributed by atoms with Crippen LogP contribution in [0, 0.1) is 0 Å². The Morgan fingerprint density at radius 2 is 1.85 bits per heavy atom. The molecule has 1 aromatic heterocycles. The predicted octanol–water partition coefficient (Wildman–Crippen LogP) is 3.62. The molecule has 1 nitrogen and oxygen atoms in total. The molecule has 0 saturated heterocycles. The molecule has 4 rings (SSSR count). The zero-order chi connectivity index (χ0) is 13.9. The molecule has 2 aliphatic rings. The zero-order valence-corrected chi connectivity index (χ0v) is 13.7. The van der Waals surface area contributed by atoms with Crippen LogP contribution in [-0.4, -0.2) is 8.07 Å². The van der Waals surface area contributed by atoms with E-state index in [4.69, 9.17) is 0 Å². The van der Waals surface area contributed by atoms with E-state index < -0.39 is 8.07 Å². The summed E-state index contributed by atoms with van der Waals surface area (Å²) in [7, 11) is -1.22. The highest BCUT2D eigenvalue weighted by Gasteiger charge is 2.33. The van der Waals surface area contributed by atoms with Crippen LogP contribution in [0.2, 0.25) is 19.6 Å². The van der Waals surface area contributed by atoms with Gasteiger partial charge in [-0.2, -0.15) is 4.57 Å². The first-order chi connectivity index (χ1) is 9.54. The third kappa shape index (κ3) is 1.71. The first-order valence-corrected chi connectivity index (χ1v) is 11.2. The van der Waals surface area contributed by atoms with Gasteiger partial charge in [-0.1, -0.05) is 30.9 Å². The fourth-order valence-corrected chi connectivity index (χ4v) is 4.88. The van der Waals surface area contributed by atoms with Gasteiger partial charge in [0, 0.05) is 28.7 Å². The van der Waals surface area contributed by atoms with Crippen LogP contribution in [-0.2, 0) is 6.54 Å². The fraction of sp³-hybridized carbons (Fsp3) is 0.389. The Hall–Kier alpha value is -1.41. The van der Waals surface area contributed by atoms with Crippen molar-refractivity contribution in [3.05, 3.63) is 41.6 Å². The fourth-order valence-electron chi connectivity index (χ4n) is 3.70. The van der Waals surface area contributed by atoms with Crippen molar-refractivity contribution in [1.82, 2.24) is 0 Å². The molecule has 2 heteroatoms. The molecular weight excluding hydrogens is 258 g/mol. The molecule has 1 aliphatic heterocycles. The average molecular weight is 280 g/mol. The van der Waals surface area contributed by atoms with Crippen LogP contribution in [0.25, 0.3) is 16.5 Å². The van der Waals surface area contributed by atoms with Gasteiger partial charge in [0.05, 0.1) is 8.07 Å². The number of pyridine rings is 1. The molecule has 102 valence electrons. The minimum atomic E-state index is -1.22. The third-order valence-electron chi connectivity index (χ3n) is 4.89. The van der Waals surface area contributed by atoms with Crippen molar-refractivity contribution in [2.24, 2.45) is 0 Å². The van der Waals surface area contributed by atoms with Gasteiger partial charge in [0.2, 0.25) is 11.2 Å². The molecule has 2 aromatic rings. The van der Waals surface area contributed by atoms with Crippen LogP contribution in [0.3, 0.4) is 0 Å². The van der Waals surface area contributed by atoms with Crippen LogP contribution < -0.4 is 9.75 Å². The number of aromatic nitrogens is 1. The van der Waals surface area contributed by atoms with E-state index in [0.29, 0.717) is 0 Å². The molecular formula is C18H22NSi+. The first-order valence-electron chi connectivity index (χ1n) is 7.72. The number of rotatable bonds is 1. The molecule has 1 aromatic carbocycles. The maximum absolute atomic E-state index is 2.53. The Morgan fingerprint density at radius 3 is 2.65 bits per heavy atom. The van der Waals surface area contributed by atoms with Gasteiger partial charge in [0.25, 0.3) is 0 Å². The molecule has 0 atom stereocenters. The van der Waals surface area contributed by atoms with Crippen molar-refractivity contribution in [1.29, 1.82) is 0 Å². The van der Waals surface area contributed by atoms with Gasteiger partial charge >= 0.3 is 0 Å². The normalized spacial score (nSPS) is 17.8. The Kier molecular flexibility index (Phi) is 2.49. The first kappa shape index (κ1) is 12.3. The highest BCUT2D eigenvalue weighted by atomic mass is 28.3. The lowest BCUT2D eigenvalue weighted by atomic mass is 10.1. The van der Waals surface area contributed by atoms with E-state index in [9.17, 15) is 0 Å². The van der Waals surface area contributed by atoms with E-state index >= 15 is 0 Å². The molecule has 0 unspecified atom stereocenters. The van der Waals surface area contributed by atoms with Crippen LogP contribution in [0.15, 0.2) is 35.9 Å². The van der Waals surface area contributed by atoms with Crippen molar-refractivity contribution < 1.29 is 4.57 Å². The maximum Gasteiger partial charge on any atom is 0.213 e. The van der Waals surface area contributed by atoms with E-state index in [1.165, 1.54) is 35.9 Å². The molecule has 0 fully saturated rings. The minimum Gasteiger partial charge on any atom is -0.188 e. The Labute approximate surface area is 122 Å². The van der Waals surface area contributed by atoms with E-state index in [0.717, 1.165) is 6.54 Å². The summed E-state index contributed by atoms with van der Waals surface area (Å²) in [6.45, 7) is 8.40. The summed E-state index contributed by atoms with van der Waals surface area (Å²) in [6, 6.07) is 11.8. The van der Waals surface area contributed by atoms with Crippen LogP contribution in [0.4, 0.5) is 0 Å². The minimum absolute atomic E-state index is 1.13. The summed E-state index contributed by atoms with van der Waals surface area (Å²) < 4.78 is 2.53. The molecule has 0 N–H and O–H groups in total. The van der Waals surface area contributed by atoms with Crippen LogP contribution >= 0.6 is 0 Å². The van der Waals surface area contributed by atoms with Crippen LogP contribution in [0.1, 0.15) is 25.0 Å². The SMILES string of the molecule is C[Si](C)(C)c1ccc2c(ccc3[n+]2CC2=C3CCC2)c1. The average Bonchev–Trinajstić information content (AvgIpc) is 2.97. The predicted molar refractivity (Wildman–Crippen MR) is 87.9 cm³/mol. The van der Waals surface area contributed by atoms with Crippen LogP contribution in [0.5, 0.6) is 0 Å². The smallest absolute Gasteiger partial charge is 0.188 e. The van der Waals surface area contributed by atoms with Crippen molar-refractivity contribution in [3.8, 4) is 0 Å². The number of hydrogen-bond acceptors (Lipinski definition) is 0. The largest absolute Gasteiger partial charge is 0.213 e.